The van der Waals surface area contributed by atoms with Gasteiger partial charge in [-0.2, -0.15) is 0 Å². The second-order valence-corrected chi connectivity index (χ2v) is 4.03. The van der Waals surface area contributed by atoms with Crippen LogP contribution >= 0.6 is 0 Å². The van der Waals surface area contributed by atoms with Gasteiger partial charge in [-0.25, -0.2) is 0 Å². The smallest absolute Gasteiger partial charge is 0.120 e. The molecule has 13 heavy (non-hydrogen) atoms. The first kappa shape index (κ1) is 10.7. The second kappa shape index (κ2) is 6.14. The molecule has 0 aromatic carbocycles. The van der Waals surface area contributed by atoms with E-state index in [1.165, 1.54) is 38.9 Å². The zero-order valence-electron chi connectivity index (χ0n) is 8.67. The molecule has 1 aliphatic heterocycles. The summed E-state index contributed by atoms with van der Waals surface area (Å²) in [7, 11) is 0. The number of nitrogens with zero attached hydrogens (tertiary/aromatic N) is 1. The summed E-state index contributed by atoms with van der Waals surface area (Å²) in [6.45, 7) is 5.98. The lowest BCUT2D eigenvalue weighted by Crippen LogP contribution is -2.34. The van der Waals surface area contributed by atoms with Gasteiger partial charge < -0.3 is 9.69 Å². The third-order valence-corrected chi connectivity index (χ3v) is 2.94. The number of hydrogen-bond acceptors (Lipinski definition) is 2. The van der Waals surface area contributed by atoms with Crippen molar-refractivity contribution in [3.63, 3.8) is 0 Å². The van der Waals surface area contributed by atoms with Gasteiger partial charge in [0.15, 0.2) is 0 Å². The van der Waals surface area contributed by atoms with Crippen molar-refractivity contribution in [2.24, 2.45) is 5.92 Å². The van der Waals surface area contributed by atoms with Crippen molar-refractivity contribution < 1.29 is 4.79 Å². The quantitative estimate of drug-likeness (QED) is 0.608. The van der Waals surface area contributed by atoms with E-state index < -0.39 is 0 Å². The maximum Gasteiger partial charge on any atom is 0.120 e. The Balaban J connectivity index is 2.11. The molecule has 0 aromatic rings. The van der Waals surface area contributed by atoms with Crippen molar-refractivity contribution in [2.75, 3.05) is 19.6 Å². The minimum Gasteiger partial charge on any atom is -0.303 e. The van der Waals surface area contributed by atoms with Crippen LogP contribution in [0.2, 0.25) is 0 Å². The largest absolute Gasteiger partial charge is 0.303 e. The highest BCUT2D eigenvalue weighted by molar-refractivity contribution is 5.49. The van der Waals surface area contributed by atoms with E-state index in [0.717, 1.165) is 25.0 Å². The standard InChI is InChI=1S/C11H21NO/c1-2-7-12-8-5-11(6-9-12)4-3-10-13/h10-11H,2-9H2,1H3. The summed E-state index contributed by atoms with van der Waals surface area (Å²) in [5, 5.41) is 0. The van der Waals surface area contributed by atoms with Crippen LogP contribution < -0.4 is 0 Å². The van der Waals surface area contributed by atoms with Crippen LogP contribution in [-0.2, 0) is 4.79 Å². The molecule has 0 amide bonds. The van der Waals surface area contributed by atoms with E-state index in [2.05, 4.69) is 11.8 Å². The van der Waals surface area contributed by atoms with Gasteiger partial charge in [0.05, 0.1) is 0 Å². The van der Waals surface area contributed by atoms with Gasteiger partial charge in [-0.3, -0.25) is 0 Å². The van der Waals surface area contributed by atoms with E-state index in [1.54, 1.807) is 0 Å². The molecule has 76 valence electrons. The van der Waals surface area contributed by atoms with Crippen LogP contribution in [0.3, 0.4) is 0 Å². The Morgan fingerprint density at radius 1 is 1.38 bits per heavy atom. The van der Waals surface area contributed by atoms with E-state index >= 15 is 0 Å². The Labute approximate surface area is 81.3 Å². The van der Waals surface area contributed by atoms with Crippen molar-refractivity contribution in [3.05, 3.63) is 0 Å². The number of piperidine rings is 1. The molecule has 1 rings (SSSR count). The van der Waals surface area contributed by atoms with E-state index in [0.29, 0.717) is 0 Å². The molecule has 2 heteroatoms. The summed E-state index contributed by atoms with van der Waals surface area (Å²) < 4.78 is 0. The van der Waals surface area contributed by atoms with Crippen molar-refractivity contribution in [2.45, 2.75) is 39.0 Å². The first-order valence-electron chi connectivity index (χ1n) is 5.52. The van der Waals surface area contributed by atoms with Gasteiger partial charge in [-0.1, -0.05) is 6.92 Å². The number of likely N-dealkylation sites (tertiary alicyclic amines) is 1. The topological polar surface area (TPSA) is 20.3 Å². The summed E-state index contributed by atoms with van der Waals surface area (Å²) in [4.78, 5) is 12.7. The maximum atomic E-state index is 10.2. The summed E-state index contributed by atoms with van der Waals surface area (Å²) in [5.74, 6) is 0.818. The highest BCUT2D eigenvalue weighted by Gasteiger charge is 2.17. The van der Waals surface area contributed by atoms with Crippen LogP contribution in [0.15, 0.2) is 0 Å². The van der Waals surface area contributed by atoms with Crippen molar-refractivity contribution in [1.29, 1.82) is 0 Å². The SMILES string of the molecule is CCCN1CCC(CCC=O)CC1. The summed E-state index contributed by atoms with van der Waals surface area (Å²) in [6.07, 6.45) is 6.79. The van der Waals surface area contributed by atoms with Crippen LogP contribution in [0.5, 0.6) is 0 Å². The zero-order valence-corrected chi connectivity index (χ0v) is 8.67. The molecular weight excluding hydrogens is 162 g/mol. The first-order valence-corrected chi connectivity index (χ1v) is 5.52. The molecular formula is C11H21NO. The summed E-state index contributed by atoms with van der Waals surface area (Å²) >= 11 is 0. The van der Waals surface area contributed by atoms with E-state index in [-0.39, 0.29) is 0 Å². The highest BCUT2D eigenvalue weighted by Crippen LogP contribution is 2.21. The lowest BCUT2D eigenvalue weighted by Gasteiger charge is -2.31. The zero-order chi connectivity index (χ0) is 9.52. The predicted molar refractivity (Wildman–Crippen MR) is 54.8 cm³/mol. The second-order valence-electron chi connectivity index (χ2n) is 4.03. The molecule has 0 atom stereocenters. The Hall–Kier alpha value is -0.370. The molecule has 0 N–H and O–H groups in total. The first-order chi connectivity index (χ1) is 6.36. The average molecular weight is 183 g/mol. The van der Waals surface area contributed by atoms with Crippen molar-refractivity contribution in [1.82, 2.24) is 4.90 Å². The molecule has 0 aliphatic carbocycles. The average Bonchev–Trinajstić information content (AvgIpc) is 2.17. The minimum absolute atomic E-state index is 0.762. The monoisotopic (exact) mass is 183 g/mol. The fraction of sp³-hybridized carbons (Fsp3) is 0.909. The molecule has 2 nitrogen and oxygen atoms in total. The lowest BCUT2D eigenvalue weighted by molar-refractivity contribution is -0.108. The fourth-order valence-electron chi connectivity index (χ4n) is 2.12. The number of rotatable bonds is 5. The number of aldehydes is 1. The van der Waals surface area contributed by atoms with Crippen LogP contribution in [0.4, 0.5) is 0 Å². The molecule has 1 fully saturated rings. The van der Waals surface area contributed by atoms with E-state index in [1.807, 2.05) is 0 Å². The maximum absolute atomic E-state index is 10.2. The molecule has 1 saturated heterocycles. The van der Waals surface area contributed by atoms with Crippen molar-refractivity contribution in [3.8, 4) is 0 Å². The number of hydrogen-bond donors (Lipinski definition) is 0. The van der Waals surface area contributed by atoms with Crippen LogP contribution in [0.1, 0.15) is 39.0 Å². The molecule has 0 radical (unpaired) electrons. The normalized spacial score (nSPS) is 20.4. The number of carbonyl (C=O) groups excluding carboxylic acids is 1. The molecule has 0 spiro atoms. The molecule has 0 aromatic heterocycles. The molecule has 0 unspecified atom stereocenters. The van der Waals surface area contributed by atoms with Gasteiger partial charge in [0, 0.05) is 6.42 Å². The van der Waals surface area contributed by atoms with Crippen molar-refractivity contribution >= 4 is 6.29 Å². The lowest BCUT2D eigenvalue weighted by atomic mass is 9.92. The van der Waals surface area contributed by atoms with Crippen LogP contribution in [0.25, 0.3) is 0 Å². The fourth-order valence-corrected chi connectivity index (χ4v) is 2.12. The van der Waals surface area contributed by atoms with Gasteiger partial charge in [0.25, 0.3) is 0 Å². The molecule has 0 saturated carbocycles. The third kappa shape index (κ3) is 3.90. The van der Waals surface area contributed by atoms with E-state index in [9.17, 15) is 4.79 Å². The Bertz CT molecular complexity index is 139. The molecule has 1 aliphatic rings. The third-order valence-electron chi connectivity index (χ3n) is 2.94. The summed E-state index contributed by atoms with van der Waals surface area (Å²) in [5.41, 5.74) is 0. The van der Waals surface area contributed by atoms with Crippen LogP contribution in [-0.4, -0.2) is 30.8 Å². The summed E-state index contributed by atoms with van der Waals surface area (Å²) in [6, 6.07) is 0. The molecule has 1 heterocycles. The van der Waals surface area contributed by atoms with E-state index in [4.69, 9.17) is 0 Å². The Morgan fingerprint density at radius 3 is 2.62 bits per heavy atom. The van der Waals surface area contributed by atoms with Gasteiger partial charge in [-0.15, -0.1) is 0 Å². The molecule has 0 bridgehead atoms. The predicted octanol–water partition coefficient (Wildman–Crippen LogP) is 2.09. The highest BCUT2D eigenvalue weighted by atomic mass is 16.1. The van der Waals surface area contributed by atoms with Crippen LogP contribution in [0, 0.1) is 5.92 Å². The van der Waals surface area contributed by atoms with Gasteiger partial charge >= 0.3 is 0 Å². The Morgan fingerprint density at radius 2 is 2.08 bits per heavy atom. The Kier molecular flexibility index (Phi) is 5.06. The minimum atomic E-state index is 0.762. The van der Waals surface area contributed by atoms with Gasteiger partial charge in [0.1, 0.15) is 6.29 Å². The van der Waals surface area contributed by atoms with Gasteiger partial charge in [0.2, 0.25) is 0 Å². The number of carbonyl (C=O) groups is 1. The van der Waals surface area contributed by atoms with Gasteiger partial charge in [-0.05, 0) is 51.2 Å².